The first-order chi connectivity index (χ1) is 14.6. The van der Waals surface area contributed by atoms with Gasteiger partial charge in [0.1, 0.15) is 0 Å². The minimum absolute atomic E-state index is 0.760. The summed E-state index contributed by atoms with van der Waals surface area (Å²) in [4.78, 5) is 0. The molecule has 0 atom stereocenters. The molecular formula is C28H34BrP. The van der Waals surface area contributed by atoms with Gasteiger partial charge in [-0.1, -0.05) is 0 Å². The van der Waals surface area contributed by atoms with Crippen molar-refractivity contribution in [2.45, 2.75) is 45.4 Å². The van der Waals surface area contributed by atoms with Crippen molar-refractivity contribution in [2.75, 3.05) is 6.16 Å². The van der Waals surface area contributed by atoms with E-state index in [0.29, 0.717) is 0 Å². The number of rotatable bonds is 7. The molecule has 0 spiro atoms. The van der Waals surface area contributed by atoms with E-state index in [2.05, 4.69) is 113 Å². The Labute approximate surface area is 190 Å². The van der Waals surface area contributed by atoms with E-state index in [-0.39, 0.29) is 0 Å². The summed E-state index contributed by atoms with van der Waals surface area (Å²) in [5.41, 5.74) is 0. The molecule has 0 saturated heterocycles. The normalized spacial score (nSPS) is 20.9. The predicted octanol–water partition coefficient (Wildman–Crippen LogP) is 7.43. The van der Waals surface area contributed by atoms with Crippen LogP contribution >= 0.6 is 20.8 Å². The van der Waals surface area contributed by atoms with Gasteiger partial charge in [-0.25, -0.2) is 0 Å². The van der Waals surface area contributed by atoms with Crippen LogP contribution in [0.1, 0.15) is 45.4 Å². The molecule has 0 aliphatic heterocycles. The third-order valence-corrected chi connectivity index (χ3v) is 17.0. The molecule has 1 aliphatic carbocycles. The summed E-state index contributed by atoms with van der Waals surface area (Å²) >= 11 is 4.63. The second-order valence-corrected chi connectivity index (χ2v) is 18.0. The first kappa shape index (κ1) is 21.8. The third-order valence-electron chi connectivity index (χ3n) is 7.15. The van der Waals surface area contributed by atoms with E-state index >= 15 is 0 Å². The Morgan fingerprint density at radius 1 is 0.633 bits per heavy atom. The van der Waals surface area contributed by atoms with Crippen LogP contribution in [0.25, 0.3) is 0 Å². The van der Waals surface area contributed by atoms with Gasteiger partial charge in [-0.2, -0.15) is 0 Å². The number of halogens is 1. The van der Waals surface area contributed by atoms with E-state index in [1.807, 2.05) is 0 Å². The fourth-order valence-corrected chi connectivity index (χ4v) is 14.2. The Balaban J connectivity index is 1.84. The second-order valence-electron chi connectivity index (χ2n) is 9.05. The van der Waals surface area contributed by atoms with Crippen molar-refractivity contribution in [3.8, 4) is 0 Å². The Morgan fingerprint density at radius 2 is 1.00 bits per heavy atom. The molecule has 30 heavy (non-hydrogen) atoms. The molecule has 3 aromatic rings. The van der Waals surface area contributed by atoms with Crippen molar-refractivity contribution < 1.29 is 0 Å². The van der Waals surface area contributed by atoms with Gasteiger partial charge < -0.3 is 0 Å². The molecule has 0 amide bonds. The third kappa shape index (κ3) is 4.04. The quantitative estimate of drug-likeness (QED) is 0.308. The van der Waals surface area contributed by atoms with E-state index in [0.717, 1.165) is 11.8 Å². The Morgan fingerprint density at radius 3 is 1.37 bits per heavy atom. The summed E-state index contributed by atoms with van der Waals surface area (Å²) in [6.07, 6.45) is 9.46. The summed E-state index contributed by atoms with van der Waals surface area (Å²) in [5, 5.41) is 1.61. The summed E-state index contributed by atoms with van der Waals surface area (Å²) in [7, 11) is 0. The number of benzene rings is 3. The van der Waals surface area contributed by atoms with Crippen molar-refractivity contribution in [2.24, 2.45) is 11.8 Å². The molecule has 0 nitrogen and oxygen atoms in total. The molecule has 0 heterocycles. The molecule has 0 bridgehead atoms. The van der Waals surface area contributed by atoms with Crippen LogP contribution in [-0.2, 0) is 0 Å². The molecule has 3 aromatic carbocycles. The maximum absolute atomic E-state index is 4.63. The fraction of sp³-hybridized carbons (Fsp3) is 0.357. The summed E-state index contributed by atoms with van der Waals surface area (Å²) < 4.78 is 0. The van der Waals surface area contributed by atoms with Crippen LogP contribution in [0.3, 0.4) is 0 Å². The van der Waals surface area contributed by atoms with Gasteiger partial charge >= 0.3 is 191 Å². The molecule has 2 heteroatoms. The van der Waals surface area contributed by atoms with Crippen LogP contribution in [0, 0.1) is 11.8 Å². The topological polar surface area (TPSA) is 0 Å². The van der Waals surface area contributed by atoms with Crippen molar-refractivity contribution in [1.29, 1.82) is 0 Å². The van der Waals surface area contributed by atoms with Gasteiger partial charge in [0, 0.05) is 0 Å². The van der Waals surface area contributed by atoms with Crippen LogP contribution in [0.15, 0.2) is 91.0 Å². The van der Waals surface area contributed by atoms with Crippen LogP contribution in [0.4, 0.5) is 0 Å². The average Bonchev–Trinajstić information content (AvgIpc) is 2.82. The monoisotopic (exact) mass is 480 g/mol. The van der Waals surface area contributed by atoms with Crippen LogP contribution in [0.5, 0.6) is 0 Å². The molecule has 0 N–H and O–H groups in total. The summed E-state index contributed by atoms with van der Waals surface area (Å²) in [6, 6.07) is 33.8. The maximum atomic E-state index is 4.63. The second kappa shape index (κ2) is 9.37. The first-order valence-corrected chi connectivity index (χ1v) is 16.0. The molecule has 0 aromatic heterocycles. The average molecular weight is 481 g/mol. The van der Waals surface area contributed by atoms with E-state index in [4.69, 9.17) is 0 Å². The van der Waals surface area contributed by atoms with Crippen molar-refractivity contribution in [1.82, 2.24) is 0 Å². The number of hydrogen-bond donors (Lipinski definition) is 0. The van der Waals surface area contributed by atoms with Crippen LogP contribution in [0.2, 0.25) is 0 Å². The zero-order valence-electron chi connectivity index (χ0n) is 18.1. The van der Waals surface area contributed by atoms with Gasteiger partial charge in [0.2, 0.25) is 0 Å². The van der Waals surface area contributed by atoms with E-state index in [9.17, 15) is 0 Å². The van der Waals surface area contributed by atoms with Crippen molar-refractivity contribution >= 4 is 36.7 Å². The van der Waals surface area contributed by atoms with Gasteiger partial charge in [-0.15, -0.1) is 0 Å². The molecular weight excluding hydrogens is 447 g/mol. The standard InChI is InChI=1S/C28H34BrP/c1-2-12-24-19-21-25(22-20-24)23-30(29,26-13-6-3-7-14-26,27-15-8-4-9-16-27)28-17-10-5-11-18-28/h3-11,13-18,24-25H,2,12,19-23H2,1H3. The van der Waals surface area contributed by atoms with E-state index < -0.39 is 5.31 Å². The first-order valence-electron chi connectivity index (χ1n) is 11.5. The van der Waals surface area contributed by atoms with Gasteiger partial charge in [-0.3, -0.25) is 0 Å². The van der Waals surface area contributed by atoms with E-state index in [1.54, 1.807) is 0 Å². The molecule has 4 rings (SSSR count). The Hall–Kier alpha value is -1.43. The van der Waals surface area contributed by atoms with Gasteiger partial charge in [-0.05, 0) is 0 Å². The molecule has 1 fully saturated rings. The minimum atomic E-state index is -2.76. The van der Waals surface area contributed by atoms with Crippen molar-refractivity contribution in [3.63, 3.8) is 0 Å². The zero-order valence-corrected chi connectivity index (χ0v) is 20.6. The Bertz CT molecular complexity index is 815. The summed E-state index contributed by atoms with van der Waals surface area (Å²) in [5.74, 6) is 1.70. The Kier molecular flexibility index (Phi) is 6.81. The molecule has 158 valence electrons. The van der Waals surface area contributed by atoms with Gasteiger partial charge in [0.25, 0.3) is 0 Å². The van der Waals surface area contributed by atoms with Crippen LogP contribution in [-0.4, -0.2) is 6.16 Å². The predicted molar refractivity (Wildman–Crippen MR) is 139 cm³/mol. The molecule has 1 saturated carbocycles. The van der Waals surface area contributed by atoms with E-state index in [1.165, 1.54) is 60.6 Å². The summed E-state index contributed by atoms with van der Waals surface area (Å²) in [6.45, 7) is 2.33. The van der Waals surface area contributed by atoms with Gasteiger partial charge in [0.15, 0.2) is 0 Å². The number of hydrogen-bond acceptors (Lipinski definition) is 0. The van der Waals surface area contributed by atoms with Gasteiger partial charge in [0.05, 0.1) is 0 Å². The molecule has 0 radical (unpaired) electrons. The fourth-order valence-electron chi connectivity index (χ4n) is 5.58. The van der Waals surface area contributed by atoms with Crippen LogP contribution < -0.4 is 15.9 Å². The zero-order chi connectivity index (χ0) is 20.9. The SMILES string of the molecule is CCCC1CCC(CP(Br)(c2ccccc2)(c2ccccc2)c2ccccc2)CC1. The molecule has 1 aliphatic rings. The van der Waals surface area contributed by atoms with Crippen molar-refractivity contribution in [3.05, 3.63) is 91.0 Å². The molecule has 0 unspecified atom stereocenters.